The van der Waals surface area contributed by atoms with E-state index in [0.29, 0.717) is 0 Å². The zero-order valence-corrected chi connectivity index (χ0v) is 11.0. The van der Waals surface area contributed by atoms with Crippen LogP contribution in [0.1, 0.15) is 57.8 Å². The standard InChI is InChI=1S/C17H26/c1-2-6-12(5-1)16-14-9-10-15(11-14)17(16)13-7-3-4-8-13/h9-10,12-17H,1-8,11H2. The van der Waals surface area contributed by atoms with Gasteiger partial charge in [0, 0.05) is 0 Å². The molecule has 0 radical (unpaired) electrons. The molecule has 4 atom stereocenters. The highest BCUT2D eigenvalue weighted by molar-refractivity contribution is 5.16. The van der Waals surface area contributed by atoms with Gasteiger partial charge in [0.05, 0.1) is 0 Å². The third kappa shape index (κ3) is 1.63. The van der Waals surface area contributed by atoms with Crippen molar-refractivity contribution in [3.05, 3.63) is 12.2 Å². The molecule has 0 saturated heterocycles. The first-order valence-electron chi connectivity index (χ1n) is 8.12. The highest BCUT2D eigenvalue weighted by Crippen LogP contribution is 2.58. The van der Waals surface area contributed by atoms with E-state index in [0.717, 1.165) is 35.5 Å². The van der Waals surface area contributed by atoms with Gasteiger partial charge in [-0.3, -0.25) is 0 Å². The molecule has 17 heavy (non-hydrogen) atoms. The second kappa shape index (κ2) is 4.14. The molecule has 3 saturated carbocycles. The van der Waals surface area contributed by atoms with Crippen LogP contribution in [0.25, 0.3) is 0 Å². The molecule has 0 aromatic carbocycles. The molecule has 4 aliphatic rings. The molecule has 94 valence electrons. The Balaban J connectivity index is 1.59. The Labute approximate surface area is 106 Å². The van der Waals surface area contributed by atoms with Gasteiger partial charge in [-0.1, -0.05) is 63.5 Å². The molecule has 4 rings (SSSR count). The highest BCUT2D eigenvalue weighted by Gasteiger charge is 2.50. The van der Waals surface area contributed by atoms with Crippen LogP contribution >= 0.6 is 0 Å². The Bertz CT molecular complexity index is 274. The van der Waals surface area contributed by atoms with Crippen LogP contribution in [-0.4, -0.2) is 0 Å². The summed E-state index contributed by atoms with van der Waals surface area (Å²) in [5, 5.41) is 0. The maximum absolute atomic E-state index is 2.60. The summed E-state index contributed by atoms with van der Waals surface area (Å²) in [7, 11) is 0. The lowest BCUT2D eigenvalue weighted by atomic mass is 9.68. The van der Waals surface area contributed by atoms with Crippen LogP contribution in [0.2, 0.25) is 0 Å². The van der Waals surface area contributed by atoms with Gasteiger partial charge < -0.3 is 0 Å². The molecule has 0 spiro atoms. The van der Waals surface area contributed by atoms with E-state index >= 15 is 0 Å². The molecule has 0 heteroatoms. The van der Waals surface area contributed by atoms with Gasteiger partial charge in [0.15, 0.2) is 0 Å². The Hall–Kier alpha value is -0.260. The molecule has 4 unspecified atom stereocenters. The summed E-state index contributed by atoms with van der Waals surface area (Å²) in [6, 6.07) is 0. The fourth-order valence-electron chi connectivity index (χ4n) is 5.91. The van der Waals surface area contributed by atoms with E-state index in [9.17, 15) is 0 Å². The highest BCUT2D eigenvalue weighted by atomic mass is 14.5. The molecule has 0 aromatic rings. The predicted molar refractivity (Wildman–Crippen MR) is 71.6 cm³/mol. The van der Waals surface area contributed by atoms with E-state index in [-0.39, 0.29) is 0 Å². The van der Waals surface area contributed by atoms with Gasteiger partial charge in [-0.25, -0.2) is 0 Å². The molecule has 2 bridgehead atoms. The van der Waals surface area contributed by atoms with Crippen LogP contribution in [0.15, 0.2) is 12.2 Å². The summed E-state index contributed by atoms with van der Waals surface area (Å²) in [5.41, 5.74) is 0. The van der Waals surface area contributed by atoms with Crippen LogP contribution in [-0.2, 0) is 0 Å². The first kappa shape index (κ1) is 10.6. The van der Waals surface area contributed by atoms with Gasteiger partial charge in [0.25, 0.3) is 0 Å². The molecule has 0 aliphatic heterocycles. The second-order valence-corrected chi connectivity index (χ2v) is 7.19. The average molecular weight is 230 g/mol. The van der Waals surface area contributed by atoms with Gasteiger partial charge in [-0.2, -0.15) is 0 Å². The fourth-order valence-corrected chi connectivity index (χ4v) is 5.91. The summed E-state index contributed by atoms with van der Waals surface area (Å²) in [6.07, 6.45) is 19.1. The van der Waals surface area contributed by atoms with E-state index in [1.165, 1.54) is 32.1 Å². The van der Waals surface area contributed by atoms with Gasteiger partial charge in [0.1, 0.15) is 0 Å². The topological polar surface area (TPSA) is 0 Å². The summed E-state index contributed by atoms with van der Waals surface area (Å²) >= 11 is 0. The zero-order chi connectivity index (χ0) is 11.2. The van der Waals surface area contributed by atoms with Crippen LogP contribution in [0.4, 0.5) is 0 Å². The van der Waals surface area contributed by atoms with E-state index in [4.69, 9.17) is 0 Å². The van der Waals surface area contributed by atoms with Crippen molar-refractivity contribution in [3.8, 4) is 0 Å². The first-order valence-corrected chi connectivity index (χ1v) is 8.12. The van der Waals surface area contributed by atoms with Crippen molar-refractivity contribution in [1.29, 1.82) is 0 Å². The zero-order valence-electron chi connectivity index (χ0n) is 11.0. The molecular weight excluding hydrogens is 204 g/mol. The molecule has 3 fully saturated rings. The van der Waals surface area contributed by atoms with Gasteiger partial charge in [-0.15, -0.1) is 0 Å². The number of rotatable bonds is 2. The van der Waals surface area contributed by atoms with Crippen LogP contribution < -0.4 is 0 Å². The lowest BCUT2D eigenvalue weighted by Gasteiger charge is -2.36. The van der Waals surface area contributed by atoms with Gasteiger partial charge in [0.2, 0.25) is 0 Å². The van der Waals surface area contributed by atoms with E-state index < -0.39 is 0 Å². The number of hydrogen-bond donors (Lipinski definition) is 0. The van der Waals surface area contributed by atoms with Crippen molar-refractivity contribution in [3.63, 3.8) is 0 Å². The normalized spacial score (nSPS) is 46.4. The van der Waals surface area contributed by atoms with E-state index in [1.54, 1.807) is 25.7 Å². The van der Waals surface area contributed by atoms with Gasteiger partial charge >= 0.3 is 0 Å². The maximum Gasteiger partial charge on any atom is -0.0194 e. The Morgan fingerprint density at radius 1 is 0.588 bits per heavy atom. The third-order valence-corrected chi connectivity index (χ3v) is 6.47. The van der Waals surface area contributed by atoms with Crippen molar-refractivity contribution in [2.45, 2.75) is 57.8 Å². The van der Waals surface area contributed by atoms with Gasteiger partial charge in [-0.05, 0) is 41.9 Å². The summed E-state index contributed by atoms with van der Waals surface area (Å²) < 4.78 is 0. The van der Waals surface area contributed by atoms with E-state index in [1.807, 2.05) is 0 Å². The molecule has 4 aliphatic carbocycles. The minimum Gasteiger partial charge on any atom is -0.0848 e. The van der Waals surface area contributed by atoms with Crippen LogP contribution in [0.5, 0.6) is 0 Å². The van der Waals surface area contributed by atoms with Crippen molar-refractivity contribution >= 4 is 0 Å². The summed E-state index contributed by atoms with van der Waals surface area (Å²) in [6.45, 7) is 0. The molecular formula is C17H26. The fraction of sp³-hybridized carbons (Fsp3) is 0.882. The summed E-state index contributed by atoms with van der Waals surface area (Å²) in [5.74, 6) is 6.43. The van der Waals surface area contributed by atoms with Crippen LogP contribution in [0.3, 0.4) is 0 Å². The molecule has 0 aromatic heterocycles. The minimum absolute atomic E-state index is 0.994. The average Bonchev–Trinajstić information content (AvgIpc) is 3.12. The number of allylic oxidation sites excluding steroid dienone is 2. The number of hydrogen-bond acceptors (Lipinski definition) is 0. The molecule has 0 amide bonds. The maximum atomic E-state index is 2.60. The number of fused-ring (bicyclic) bond motifs is 2. The Morgan fingerprint density at radius 3 is 1.41 bits per heavy atom. The first-order chi connectivity index (χ1) is 8.43. The lowest BCUT2D eigenvalue weighted by Crippen LogP contribution is -2.30. The van der Waals surface area contributed by atoms with Crippen LogP contribution in [0, 0.1) is 35.5 Å². The lowest BCUT2D eigenvalue weighted by molar-refractivity contribution is 0.149. The molecule has 0 N–H and O–H groups in total. The smallest absolute Gasteiger partial charge is 0.0194 e. The predicted octanol–water partition coefficient (Wildman–Crippen LogP) is 4.81. The minimum atomic E-state index is 0.994. The SMILES string of the molecule is C1=CC2CC1C(C1CCCC1)C2C1CCCC1. The Kier molecular flexibility index (Phi) is 2.59. The van der Waals surface area contributed by atoms with Crippen molar-refractivity contribution in [2.24, 2.45) is 35.5 Å². The van der Waals surface area contributed by atoms with Crippen molar-refractivity contribution < 1.29 is 0 Å². The van der Waals surface area contributed by atoms with Crippen molar-refractivity contribution in [2.75, 3.05) is 0 Å². The molecule has 0 heterocycles. The molecule has 0 nitrogen and oxygen atoms in total. The van der Waals surface area contributed by atoms with Crippen molar-refractivity contribution in [1.82, 2.24) is 0 Å². The quantitative estimate of drug-likeness (QED) is 0.597. The Morgan fingerprint density at radius 2 is 1.00 bits per heavy atom. The largest absolute Gasteiger partial charge is 0.0848 e. The van der Waals surface area contributed by atoms with E-state index in [2.05, 4.69) is 12.2 Å². The summed E-state index contributed by atoms with van der Waals surface area (Å²) in [4.78, 5) is 0. The second-order valence-electron chi connectivity index (χ2n) is 7.19. The monoisotopic (exact) mass is 230 g/mol. The third-order valence-electron chi connectivity index (χ3n) is 6.47.